The lowest BCUT2D eigenvalue weighted by molar-refractivity contribution is -0.384. The fraction of sp³-hybridized carbons (Fsp3) is 0.333. The molecule has 2 atom stereocenters. The first kappa shape index (κ1) is 25.6. The first-order chi connectivity index (χ1) is 12.3. The molecule has 0 radical (unpaired) electrons. The van der Waals surface area contributed by atoms with Crippen LogP contribution in [-0.2, 0) is 0 Å². The monoisotopic (exact) mass is 429 g/mol. The Morgan fingerprint density at radius 1 is 1.29 bits per heavy atom. The molecule has 1 aromatic heterocycles. The molecule has 0 saturated heterocycles. The van der Waals surface area contributed by atoms with Crippen molar-refractivity contribution in [3.05, 3.63) is 64.0 Å². The van der Waals surface area contributed by atoms with Gasteiger partial charge in [0.25, 0.3) is 11.6 Å². The zero-order chi connectivity index (χ0) is 19.3. The number of pyridine rings is 1. The van der Waals surface area contributed by atoms with Gasteiger partial charge in [-0.3, -0.25) is 19.9 Å². The van der Waals surface area contributed by atoms with Gasteiger partial charge in [0.05, 0.1) is 16.7 Å². The Morgan fingerprint density at radius 2 is 1.96 bits per heavy atom. The van der Waals surface area contributed by atoms with Crippen LogP contribution in [0.25, 0.3) is 0 Å². The molecule has 0 saturated carbocycles. The van der Waals surface area contributed by atoms with Crippen molar-refractivity contribution in [3.63, 3.8) is 0 Å². The number of anilines is 1. The van der Waals surface area contributed by atoms with E-state index in [1.807, 2.05) is 26.0 Å². The van der Waals surface area contributed by atoms with E-state index in [9.17, 15) is 14.9 Å². The van der Waals surface area contributed by atoms with Gasteiger partial charge >= 0.3 is 0 Å². The molecule has 8 nitrogen and oxygen atoms in total. The fourth-order valence-corrected chi connectivity index (χ4v) is 2.44. The molecule has 1 aromatic carbocycles. The van der Waals surface area contributed by atoms with E-state index in [1.54, 1.807) is 31.4 Å². The highest BCUT2D eigenvalue weighted by Crippen LogP contribution is 2.29. The Balaban J connectivity index is 0.00000364. The van der Waals surface area contributed by atoms with Crippen LogP contribution in [0.15, 0.2) is 42.6 Å². The number of carbonyl (C=O) groups excluding carboxylic acids is 1. The van der Waals surface area contributed by atoms with Gasteiger partial charge in [0.2, 0.25) is 0 Å². The zero-order valence-electron chi connectivity index (χ0n) is 15.9. The van der Waals surface area contributed by atoms with Crippen molar-refractivity contribution in [2.45, 2.75) is 25.9 Å². The number of benzene rings is 1. The van der Waals surface area contributed by atoms with Crippen molar-refractivity contribution in [3.8, 4) is 0 Å². The molecule has 28 heavy (non-hydrogen) atoms. The number of nitrogens with one attached hydrogen (secondary N) is 1. The summed E-state index contributed by atoms with van der Waals surface area (Å²) in [7, 11) is 1.63. The molecule has 10 heteroatoms. The predicted molar refractivity (Wildman–Crippen MR) is 114 cm³/mol. The molecule has 0 spiro atoms. The molecule has 0 aliphatic rings. The smallest absolute Gasteiger partial charge is 0.293 e. The van der Waals surface area contributed by atoms with Gasteiger partial charge in [0.1, 0.15) is 5.69 Å². The number of nitrogens with two attached hydrogens (primary N) is 1. The van der Waals surface area contributed by atoms with Gasteiger partial charge in [-0.05, 0) is 38.1 Å². The van der Waals surface area contributed by atoms with Gasteiger partial charge in [-0.1, -0.05) is 6.07 Å². The Morgan fingerprint density at radius 3 is 2.50 bits per heavy atom. The number of carbonyl (C=O) groups is 1. The molecule has 0 aliphatic carbocycles. The minimum atomic E-state index is -0.503. The normalized spacial score (nSPS) is 12.0. The largest absolute Gasteiger partial charge is 0.371 e. The second kappa shape index (κ2) is 11.4. The molecule has 2 unspecified atom stereocenters. The van der Waals surface area contributed by atoms with Crippen molar-refractivity contribution in [1.82, 2.24) is 9.88 Å². The number of aromatic nitrogens is 1. The predicted octanol–water partition coefficient (Wildman–Crippen LogP) is 3.43. The van der Waals surface area contributed by atoms with Crippen molar-refractivity contribution in [2.24, 2.45) is 5.73 Å². The van der Waals surface area contributed by atoms with E-state index in [2.05, 4.69) is 10.3 Å². The van der Waals surface area contributed by atoms with E-state index in [4.69, 9.17) is 5.73 Å². The van der Waals surface area contributed by atoms with Gasteiger partial charge < -0.3 is 16.0 Å². The number of hydrogen-bond acceptors (Lipinski definition) is 6. The molecule has 0 fully saturated rings. The van der Waals surface area contributed by atoms with Crippen molar-refractivity contribution in [2.75, 3.05) is 18.9 Å². The van der Waals surface area contributed by atoms with E-state index < -0.39 is 4.92 Å². The maximum atomic E-state index is 12.5. The quantitative estimate of drug-likeness (QED) is 0.514. The van der Waals surface area contributed by atoms with Crippen LogP contribution in [0.1, 0.15) is 35.9 Å². The van der Waals surface area contributed by atoms with Gasteiger partial charge in [0.15, 0.2) is 0 Å². The van der Waals surface area contributed by atoms with Gasteiger partial charge in [-0.15, -0.1) is 24.8 Å². The molecule has 2 rings (SSSR count). The summed E-state index contributed by atoms with van der Waals surface area (Å²) in [6.45, 7) is 3.99. The molecular weight excluding hydrogens is 405 g/mol. The summed E-state index contributed by atoms with van der Waals surface area (Å²) in [6, 6.07) is 9.51. The Kier molecular flexibility index (Phi) is 10.4. The second-order valence-electron chi connectivity index (χ2n) is 6.11. The molecule has 2 aromatic rings. The number of hydrogen-bond donors (Lipinski definition) is 2. The topological polar surface area (TPSA) is 114 Å². The van der Waals surface area contributed by atoms with Crippen LogP contribution in [0.5, 0.6) is 0 Å². The fourth-order valence-electron chi connectivity index (χ4n) is 2.44. The van der Waals surface area contributed by atoms with Gasteiger partial charge in [0, 0.05) is 37.5 Å². The number of likely N-dealkylation sites (N-methyl/N-ethyl adjacent to an activating group) is 1. The van der Waals surface area contributed by atoms with Crippen LogP contribution in [-0.4, -0.2) is 40.3 Å². The van der Waals surface area contributed by atoms with Crippen LogP contribution < -0.4 is 11.1 Å². The molecule has 3 N–H and O–H groups in total. The lowest BCUT2D eigenvalue weighted by Crippen LogP contribution is -2.39. The third-order valence-electron chi connectivity index (χ3n) is 4.27. The first-order valence-electron chi connectivity index (χ1n) is 8.28. The van der Waals surface area contributed by atoms with E-state index >= 15 is 0 Å². The Labute approximate surface area is 176 Å². The van der Waals surface area contributed by atoms with Crippen LogP contribution in [0.3, 0.4) is 0 Å². The average Bonchev–Trinajstić information content (AvgIpc) is 2.66. The molecule has 154 valence electrons. The molecule has 1 amide bonds. The summed E-state index contributed by atoms with van der Waals surface area (Å²) in [5.41, 5.74) is 6.76. The maximum absolute atomic E-state index is 12.5. The Bertz CT molecular complexity index is 792. The number of nitro benzene ring substituents is 1. The summed E-state index contributed by atoms with van der Waals surface area (Å²) < 4.78 is 0. The molecule has 1 heterocycles. The van der Waals surface area contributed by atoms with Crippen LogP contribution in [0, 0.1) is 10.1 Å². The average molecular weight is 430 g/mol. The van der Waals surface area contributed by atoms with Crippen molar-refractivity contribution in [1.29, 1.82) is 0 Å². The van der Waals surface area contributed by atoms with E-state index in [1.165, 1.54) is 11.0 Å². The number of nitrogens with zero attached hydrogens (tertiary/aromatic N) is 3. The summed E-state index contributed by atoms with van der Waals surface area (Å²) in [5.74, 6) is -0.310. The number of amides is 1. The highest BCUT2D eigenvalue weighted by atomic mass is 35.5. The minimum absolute atomic E-state index is 0. The number of rotatable bonds is 7. The number of halogens is 2. The summed E-state index contributed by atoms with van der Waals surface area (Å²) in [5, 5.41) is 14.6. The highest BCUT2D eigenvalue weighted by molar-refractivity contribution is 5.95. The standard InChI is InChI=1S/C18H23N5O3.2ClH/c1-12(11-19)22(3)18(24)14-7-8-16(17(10-14)23(25)26)21-13(2)15-6-4-5-9-20-15;;/h4-10,12-13,21H,11,19H2,1-3H3;2*1H. The zero-order valence-corrected chi connectivity index (χ0v) is 17.5. The maximum Gasteiger partial charge on any atom is 0.293 e. The molecule has 0 aliphatic heterocycles. The third-order valence-corrected chi connectivity index (χ3v) is 4.27. The van der Waals surface area contributed by atoms with Crippen molar-refractivity contribution < 1.29 is 9.72 Å². The van der Waals surface area contributed by atoms with Crippen molar-refractivity contribution >= 4 is 42.1 Å². The Hall–Kier alpha value is -2.42. The first-order valence-corrected chi connectivity index (χ1v) is 8.28. The summed E-state index contributed by atoms with van der Waals surface area (Å²) in [6.07, 6.45) is 1.66. The second-order valence-corrected chi connectivity index (χ2v) is 6.11. The van der Waals surface area contributed by atoms with E-state index in [0.717, 1.165) is 5.69 Å². The summed E-state index contributed by atoms with van der Waals surface area (Å²) >= 11 is 0. The van der Waals surface area contributed by atoms with E-state index in [-0.39, 0.29) is 54.1 Å². The van der Waals surface area contributed by atoms with Crippen LogP contribution >= 0.6 is 24.8 Å². The van der Waals surface area contributed by atoms with Gasteiger partial charge in [-0.2, -0.15) is 0 Å². The minimum Gasteiger partial charge on any atom is -0.371 e. The third kappa shape index (κ3) is 6.05. The highest BCUT2D eigenvalue weighted by Gasteiger charge is 2.22. The lowest BCUT2D eigenvalue weighted by Gasteiger charge is -2.23. The molecular formula is C18H25Cl2N5O3. The number of nitro groups is 1. The lowest BCUT2D eigenvalue weighted by atomic mass is 10.1. The SMILES string of the molecule is CC(Nc1ccc(C(=O)N(C)C(C)CN)cc1[N+](=O)[O-])c1ccccn1.Cl.Cl. The van der Waals surface area contributed by atoms with Crippen LogP contribution in [0.4, 0.5) is 11.4 Å². The van der Waals surface area contributed by atoms with E-state index in [0.29, 0.717) is 12.2 Å². The summed E-state index contributed by atoms with van der Waals surface area (Å²) in [4.78, 5) is 29.2. The van der Waals surface area contributed by atoms with Gasteiger partial charge in [-0.25, -0.2) is 0 Å². The van der Waals surface area contributed by atoms with Crippen LogP contribution in [0.2, 0.25) is 0 Å². The molecule has 0 bridgehead atoms.